The van der Waals surface area contributed by atoms with Crippen molar-refractivity contribution >= 4 is 11.6 Å². The summed E-state index contributed by atoms with van der Waals surface area (Å²) in [5.74, 6) is 0.918. The van der Waals surface area contributed by atoms with Crippen LogP contribution >= 0.6 is 11.6 Å². The number of benzene rings is 1. The molecule has 2 nitrogen and oxygen atoms in total. The summed E-state index contributed by atoms with van der Waals surface area (Å²) in [5.41, 5.74) is 0. The monoisotopic (exact) mass is 281 g/mol. The second kappa shape index (κ2) is 8.44. The molecule has 0 unspecified atom stereocenters. The van der Waals surface area contributed by atoms with E-state index in [0.717, 1.165) is 23.8 Å². The van der Waals surface area contributed by atoms with Gasteiger partial charge in [0.15, 0.2) is 0 Å². The summed E-state index contributed by atoms with van der Waals surface area (Å²) in [6.45, 7) is 4.74. The van der Waals surface area contributed by atoms with Crippen LogP contribution in [-0.4, -0.2) is 31.1 Å². The van der Waals surface area contributed by atoms with Gasteiger partial charge in [-0.05, 0) is 69.6 Å². The first-order valence-corrected chi connectivity index (χ1v) is 7.83. The summed E-state index contributed by atoms with van der Waals surface area (Å²) in [6.07, 6.45) is 7.86. The molecule has 3 heteroatoms. The molecule has 0 spiro atoms. The number of nitrogens with zero attached hydrogens (tertiary/aromatic N) is 1. The van der Waals surface area contributed by atoms with E-state index in [2.05, 4.69) is 4.90 Å². The molecule has 1 aliphatic rings. The van der Waals surface area contributed by atoms with E-state index in [1.165, 1.54) is 51.7 Å². The third kappa shape index (κ3) is 5.84. The van der Waals surface area contributed by atoms with Crippen LogP contribution in [0.5, 0.6) is 5.75 Å². The highest BCUT2D eigenvalue weighted by Crippen LogP contribution is 2.16. The second-order valence-corrected chi connectivity index (χ2v) is 5.70. The Balaban J connectivity index is 1.44. The predicted octanol–water partition coefficient (Wildman–Crippen LogP) is 4.38. The fourth-order valence-electron chi connectivity index (χ4n) is 2.52. The highest BCUT2D eigenvalue weighted by atomic mass is 35.5. The van der Waals surface area contributed by atoms with Crippen molar-refractivity contribution in [1.82, 2.24) is 4.90 Å². The molecule has 0 radical (unpaired) electrons. The van der Waals surface area contributed by atoms with E-state index >= 15 is 0 Å². The maximum atomic E-state index is 5.82. The summed E-state index contributed by atoms with van der Waals surface area (Å²) >= 11 is 5.82. The minimum absolute atomic E-state index is 0.759. The Labute approximate surface area is 121 Å². The molecule has 0 amide bonds. The average molecular weight is 282 g/mol. The van der Waals surface area contributed by atoms with E-state index in [1.807, 2.05) is 24.3 Å². The fourth-order valence-corrected chi connectivity index (χ4v) is 2.64. The number of halogens is 1. The zero-order chi connectivity index (χ0) is 13.3. The molecule has 1 heterocycles. The first kappa shape index (κ1) is 14.7. The van der Waals surface area contributed by atoms with Gasteiger partial charge in [0, 0.05) is 5.02 Å². The van der Waals surface area contributed by atoms with Gasteiger partial charge in [0.05, 0.1) is 6.61 Å². The lowest BCUT2D eigenvalue weighted by Gasteiger charge is -2.13. The van der Waals surface area contributed by atoms with E-state index in [0.29, 0.717) is 0 Å². The van der Waals surface area contributed by atoms with Crippen LogP contribution in [0.15, 0.2) is 24.3 Å². The van der Waals surface area contributed by atoms with Crippen molar-refractivity contribution in [2.24, 2.45) is 0 Å². The molecule has 19 heavy (non-hydrogen) atoms. The van der Waals surface area contributed by atoms with Crippen LogP contribution in [0.1, 0.15) is 38.5 Å². The molecule has 0 saturated carbocycles. The fraction of sp³-hybridized carbons (Fsp3) is 0.625. The summed E-state index contributed by atoms with van der Waals surface area (Å²) in [5, 5.41) is 0.759. The van der Waals surface area contributed by atoms with E-state index in [4.69, 9.17) is 16.3 Å². The topological polar surface area (TPSA) is 12.5 Å². The molecular formula is C16H24ClNO. The lowest BCUT2D eigenvalue weighted by atomic mass is 10.2. The normalized spacial score (nSPS) is 15.8. The Bertz CT molecular complexity index is 346. The Morgan fingerprint density at radius 1 is 0.947 bits per heavy atom. The summed E-state index contributed by atoms with van der Waals surface area (Å²) in [4.78, 5) is 2.59. The third-order valence-corrected chi connectivity index (χ3v) is 3.90. The van der Waals surface area contributed by atoms with Gasteiger partial charge in [-0.1, -0.05) is 24.4 Å². The molecule has 106 valence electrons. The van der Waals surface area contributed by atoms with Crippen molar-refractivity contribution in [3.05, 3.63) is 29.3 Å². The SMILES string of the molecule is Clc1ccc(OCCCCCCN2CCCC2)cc1. The number of hydrogen-bond donors (Lipinski definition) is 0. The first-order chi connectivity index (χ1) is 9.34. The molecule has 1 fully saturated rings. The minimum atomic E-state index is 0.759. The van der Waals surface area contributed by atoms with E-state index < -0.39 is 0 Å². The molecule has 0 N–H and O–H groups in total. The van der Waals surface area contributed by atoms with Crippen LogP contribution in [0.2, 0.25) is 5.02 Å². The number of unbranched alkanes of at least 4 members (excludes halogenated alkanes) is 3. The van der Waals surface area contributed by atoms with Crippen LogP contribution in [-0.2, 0) is 0 Å². The van der Waals surface area contributed by atoms with E-state index in [1.54, 1.807) is 0 Å². The zero-order valence-corrected chi connectivity index (χ0v) is 12.4. The largest absolute Gasteiger partial charge is 0.494 e. The van der Waals surface area contributed by atoms with Crippen LogP contribution in [0.3, 0.4) is 0 Å². The lowest BCUT2D eigenvalue weighted by molar-refractivity contribution is 0.297. The predicted molar refractivity (Wildman–Crippen MR) is 81.1 cm³/mol. The van der Waals surface area contributed by atoms with Crippen molar-refractivity contribution in [3.8, 4) is 5.75 Å². The third-order valence-electron chi connectivity index (χ3n) is 3.65. The number of rotatable bonds is 8. The molecule has 1 saturated heterocycles. The van der Waals surface area contributed by atoms with Crippen molar-refractivity contribution in [2.45, 2.75) is 38.5 Å². The molecular weight excluding hydrogens is 258 g/mol. The van der Waals surface area contributed by atoms with Crippen LogP contribution in [0.4, 0.5) is 0 Å². The quantitative estimate of drug-likeness (QED) is 0.656. The maximum Gasteiger partial charge on any atom is 0.119 e. The Hall–Kier alpha value is -0.730. The van der Waals surface area contributed by atoms with Gasteiger partial charge in [0.1, 0.15) is 5.75 Å². The van der Waals surface area contributed by atoms with Crippen LogP contribution < -0.4 is 4.74 Å². The Kier molecular flexibility index (Phi) is 6.52. The Morgan fingerprint density at radius 3 is 2.37 bits per heavy atom. The van der Waals surface area contributed by atoms with Gasteiger partial charge in [0.25, 0.3) is 0 Å². The first-order valence-electron chi connectivity index (χ1n) is 7.45. The van der Waals surface area contributed by atoms with E-state index in [9.17, 15) is 0 Å². The number of likely N-dealkylation sites (tertiary alicyclic amines) is 1. The van der Waals surface area contributed by atoms with Gasteiger partial charge in [-0.25, -0.2) is 0 Å². The van der Waals surface area contributed by atoms with Crippen molar-refractivity contribution < 1.29 is 4.74 Å². The molecule has 0 aliphatic carbocycles. The maximum absolute atomic E-state index is 5.82. The molecule has 2 rings (SSSR count). The number of ether oxygens (including phenoxy) is 1. The highest BCUT2D eigenvalue weighted by Gasteiger charge is 2.09. The summed E-state index contributed by atoms with van der Waals surface area (Å²) < 4.78 is 5.67. The molecule has 0 atom stereocenters. The lowest BCUT2D eigenvalue weighted by Crippen LogP contribution is -2.20. The average Bonchev–Trinajstić information content (AvgIpc) is 2.93. The minimum Gasteiger partial charge on any atom is -0.494 e. The summed E-state index contributed by atoms with van der Waals surface area (Å²) in [7, 11) is 0. The van der Waals surface area contributed by atoms with Gasteiger partial charge in [-0.2, -0.15) is 0 Å². The second-order valence-electron chi connectivity index (χ2n) is 5.27. The Morgan fingerprint density at radius 2 is 1.63 bits per heavy atom. The van der Waals surface area contributed by atoms with Gasteiger partial charge in [-0.3, -0.25) is 0 Å². The van der Waals surface area contributed by atoms with Gasteiger partial charge in [0.2, 0.25) is 0 Å². The molecule has 1 aromatic rings. The van der Waals surface area contributed by atoms with Crippen molar-refractivity contribution in [3.63, 3.8) is 0 Å². The zero-order valence-electron chi connectivity index (χ0n) is 11.6. The molecule has 0 bridgehead atoms. The molecule has 1 aromatic carbocycles. The van der Waals surface area contributed by atoms with Crippen LogP contribution in [0.25, 0.3) is 0 Å². The van der Waals surface area contributed by atoms with Gasteiger partial charge >= 0.3 is 0 Å². The summed E-state index contributed by atoms with van der Waals surface area (Å²) in [6, 6.07) is 7.59. The van der Waals surface area contributed by atoms with E-state index in [-0.39, 0.29) is 0 Å². The van der Waals surface area contributed by atoms with Gasteiger partial charge < -0.3 is 9.64 Å². The van der Waals surface area contributed by atoms with Crippen LogP contribution in [0, 0.1) is 0 Å². The van der Waals surface area contributed by atoms with Crippen molar-refractivity contribution in [2.75, 3.05) is 26.2 Å². The molecule has 1 aliphatic heterocycles. The number of hydrogen-bond acceptors (Lipinski definition) is 2. The molecule has 0 aromatic heterocycles. The van der Waals surface area contributed by atoms with Crippen molar-refractivity contribution in [1.29, 1.82) is 0 Å². The standard InChI is InChI=1S/C16H24ClNO/c17-15-7-9-16(10-8-15)19-14-6-2-1-3-11-18-12-4-5-13-18/h7-10H,1-6,11-14H2. The highest BCUT2D eigenvalue weighted by molar-refractivity contribution is 6.30. The van der Waals surface area contributed by atoms with Gasteiger partial charge in [-0.15, -0.1) is 0 Å². The smallest absolute Gasteiger partial charge is 0.119 e.